The van der Waals surface area contributed by atoms with Gasteiger partial charge in [-0.05, 0) is 71.0 Å². The largest absolute Gasteiger partial charge is 0.469 e. The summed E-state index contributed by atoms with van der Waals surface area (Å²) in [5.74, 6) is -1.65. The van der Waals surface area contributed by atoms with Gasteiger partial charge in [-0.15, -0.1) is 0 Å². The van der Waals surface area contributed by atoms with Crippen LogP contribution in [0.1, 0.15) is 79.4 Å². The van der Waals surface area contributed by atoms with E-state index in [1.807, 2.05) is 12.1 Å². The molecule has 0 unspecified atom stereocenters. The zero-order valence-electron chi connectivity index (χ0n) is 21.7. The number of carbonyl (C=O) groups is 2. The number of anilines is 1. The van der Waals surface area contributed by atoms with Gasteiger partial charge in [0.25, 0.3) is 5.91 Å². The molecule has 0 aliphatic heterocycles. The maximum Gasteiger partial charge on any atom is 0.305 e. The zero-order valence-corrected chi connectivity index (χ0v) is 17.7. The van der Waals surface area contributed by atoms with Crippen LogP contribution < -0.4 is 5.32 Å². The first kappa shape index (κ1) is 16.2. The maximum absolute atomic E-state index is 12.8. The number of carbonyl (C=O) groups excluding carboxylic acids is 2. The normalized spacial score (nSPS) is 19.6. The van der Waals surface area contributed by atoms with Crippen LogP contribution in [0.3, 0.4) is 0 Å². The number of fused-ring (bicyclic) bond motifs is 1. The Balaban J connectivity index is 1.83. The maximum atomic E-state index is 12.8. The van der Waals surface area contributed by atoms with E-state index in [1.54, 1.807) is 0 Å². The Morgan fingerprint density at radius 3 is 2.24 bits per heavy atom. The van der Waals surface area contributed by atoms with Crippen LogP contribution in [0.4, 0.5) is 5.69 Å². The quantitative estimate of drug-likeness (QED) is 0.688. The van der Waals surface area contributed by atoms with Gasteiger partial charge in [0.2, 0.25) is 0 Å². The van der Waals surface area contributed by atoms with E-state index >= 15 is 0 Å². The molecule has 0 fully saturated rings. The molecule has 4 nitrogen and oxygen atoms in total. The van der Waals surface area contributed by atoms with E-state index in [4.69, 9.17) is 5.48 Å². The molecule has 0 saturated carbocycles. The smallest absolute Gasteiger partial charge is 0.305 e. The van der Waals surface area contributed by atoms with Crippen molar-refractivity contribution in [2.24, 2.45) is 0 Å². The molecule has 154 valence electrons. The fourth-order valence-corrected chi connectivity index (χ4v) is 3.75. The van der Waals surface area contributed by atoms with Gasteiger partial charge < -0.3 is 10.1 Å². The van der Waals surface area contributed by atoms with Crippen LogP contribution in [-0.4, -0.2) is 19.0 Å². The van der Waals surface area contributed by atoms with Gasteiger partial charge in [-0.25, -0.2) is 0 Å². The molecule has 0 saturated heterocycles. The number of aryl methyl sites for hydroxylation is 1. The predicted molar refractivity (Wildman–Crippen MR) is 116 cm³/mol. The van der Waals surface area contributed by atoms with Gasteiger partial charge in [-0.2, -0.15) is 0 Å². The number of esters is 1. The highest BCUT2D eigenvalue weighted by Crippen LogP contribution is 2.46. The van der Waals surface area contributed by atoms with Gasteiger partial charge in [0.05, 0.1) is 7.11 Å². The molecule has 0 bridgehead atoms. The number of nitrogens with one attached hydrogen (secondary N) is 1. The van der Waals surface area contributed by atoms with Crippen molar-refractivity contribution in [1.29, 1.82) is 0 Å². The molecule has 3 rings (SSSR count). The summed E-state index contributed by atoms with van der Waals surface area (Å²) in [6.45, 7) is 8.91. The number of benzene rings is 2. The molecule has 1 aliphatic carbocycles. The Labute approximate surface area is 179 Å². The fourth-order valence-electron chi connectivity index (χ4n) is 3.75. The molecule has 0 radical (unpaired) electrons. The molecule has 1 amide bonds. The monoisotopic (exact) mass is 397 g/mol. The molecule has 4 heteroatoms. The summed E-state index contributed by atoms with van der Waals surface area (Å²) in [4.78, 5) is 24.5. The number of hydrogen-bond donors (Lipinski definition) is 1. The second kappa shape index (κ2) is 8.02. The molecule has 0 atom stereocenters. The van der Waals surface area contributed by atoms with Gasteiger partial charge in [0, 0.05) is 23.1 Å². The Kier molecular flexibility index (Phi) is 4.48. The van der Waals surface area contributed by atoms with Crippen LogP contribution in [0.25, 0.3) is 0 Å². The highest BCUT2D eigenvalue weighted by molar-refractivity contribution is 6.04. The number of rotatable bonds is 5. The third-order valence-electron chi connectivity index (χ3n) is 5.75. The average molecular weight is 398 g/mol. The zero-order chi connectivity index (χ0) is 24.8. The summed E-state index contributed by atoms with van der Waals surface area (Å²) >= 11 is 0. The van der Waals surface area contributed by atoms with E-state index in [0.29, 0.717) is 11.3 Å². The molecule has 0 spiro atoms. The summed E-state index contributed by atoms with van der Waals surface area (Å²) < 4.78 is 36.3. The number of methoxy groups -OCH3 is 1. The number of amides is 1. The summed E-state index contributed by atoms with van der Waals surface area (Å²) in [5.41, 5.74) is 3.53. The van der Waals surface area contributed by atoms with Gasteiger partial charge in [0.15, 0.2) is 0 Å². The minimum Gasteiger partial charge on any atom is -0.469 e. The van der Waals surface area contributed by atoms with Crippen LogP contribution in [-0.2, 0) is 26.7 Å². The lowest BCUT2D eigenvalue weighted by molar-refractivity contribution is -0.140. The first-order chi connectivity index (χ1) is 15.1. The predicted octanol–water partition coefficient (Wildman–Crippen LogP) is 5.39. The molecule has 1 aliphatic rings. The molecular formula is C25H31NO3. The minimum absolute atomic E-state index is 0.0114. The van der Waals surface area contributed by atoms with Gasteiger partial charge >= 0.3 is 5.97 Å². The minimum atomic E-state index is -2.88. The molecule has 2 aromatic carbocycles. The van der Waals surface area contributed by atoms with Crippen molar-refractivity contribution >= 4 is 17.6 Å². The molecular weight excluding hydrogens is 362 g/mol. The third kappa shape index (κ3) is 4.69. The highest BCUT2D eigenvalue weighted by Gasteiger charge is 2.37. The SMILES string of the molecule is [2H]C([2H])(C(=O)OC)C([2H])([2H])c1ccc(C(=O)Nc2ccc3c(c2)C(C)(C)CCC3(C)C)cc1. The van der Waals surface area contributed by atoms with Crippen molar-refractivity contribution in [1.82, 2.24) is 0 Å². The first-order valence-corrected chi connectivity index (χ1v) is 9.79. The van der Waals surface area contributed by atoms with Crippen LogP contribution >= 0.6 is 0 Å². The van der Waals surface area contributed by atoms with E-state index in [9.17, 15) is 9.59 Å². The fraction of sp³-hybridized carbons (Fsp3) is 0.440. The molecule has 0 heterocycles. The van der Waals surface area contributed by atoms with Crippen LogP contribution in [0, 0.1) is 0 Å². The summed E-state index contributed by atoms with van der Waals surface area (Å²) in [6.07, 6.45) is -3.35. The van der Waals surface area contributed by atoms with Crippen LogP contribution in [0.5, 0.6) is 0 Å². The standard InChI is InChI=1S/C25H31NO3/c1-24(2)14-15-25(3,4)21-16-19(11-12-20(21)24)26-23(28)18-9-6-17(7-10-18)8-13-22(27)29-5/h6-7,9-12,16H,8,13-15H2,1-5H3,(H,26,28)/i8D2,13D2. The number of hydrogen-bond acceptors (Lipinski definition) is 3. The van der Waals surface area contributed by atoms with E-state index in [0.717, 1.165) is 20.0 Å². The molecule has 29 heavy (non-hydrogen) atoms. The Morgan fingerprint density at radius 2 is 1.62 bits per heavy atom. The molecule has 2 aromatic rings. The second-order valence-electron chi connectivity index (χ2n) is 8.80. The third-order valence-corrected chi connectivity index (χ3v) is 5.75. The van der Waals surface area contributed by atoms with E-state index in [2.05, 4.69) is 43.8 Å². The second-order valence-corrected chi connectivity index (χ2v) is 8.80. The van der Waals surface area contributed by atoms with Crippen molar-refractivity contribution in [3.05, 3.63) is 64.7 Å². The Bertz CT molecular complexity index is 1080. The van der Waals surface area contributed by atoms with Gasteiger partial charge in [-0.3, -0.25) is 9.59 Å². The summed E-state index contributed by atoms with van der Waals surface area (Å²) in [6, 6.07) is 11.5. The van der Waals surface area contributed by atoms with E-state index in [-0.39, 0.29) is 22.3 Å². The average Bonchev–Trinajstić information content (AvgIpc) is 2.76. The highest BCUT2D eigenvalue weighted by atomic mass is 16.5. The van der Waals surface area contributed by atoms with Crippen molar-refractivity contribution in [3.8, 4) is 0 Å². The Morgan fingerprint density at radius 1 is 1.00 bits per heavy atom. The van der Waals surface area contributed by atoms with Crippen LogP contribution in [0.15, 0.2) is 42.5 Å². The van der Waals surface area contributed by atoms with Crippen molar-refractivity contribution in [2.45, 2.75) is 64.1 Å². The lowest BCUT2D eigenvalue weighted by atomic mass is 9.63. The molecule has 0 aromatic heterocycles. The first-order valence-electron chi connectivity index (χ1n) is 11.8. The lowest BCUT2D eigenvalue weighted by Gasteiger charge is -2.42. The lowest BCUT2D eigenvalue weighted by Crippen LogP contribution is -2.33. The van der Waals surface area contributed by atoms with Gasteiger partial charge in [-0.1, -0.05) is 45.9 Å². The topological polar surface area (TPSA) is 55.4 Å². The van der Waals surface area contributed by atoms with Gasteiger partial charge in [0.1, 0.15) is 0 Å². The van der Waals surface area contributed by atoms with Crippen molar-refractivity contribution in [3.63, 3.8) is 0 Å². The summed E-state index contributed by atoms with van der Waals surface area (Å²) in [5, 5.41) is 2.91. The Hall–Kier alpha value is -2.62. The van der Waals surface area contributed by atoms with E-state index < -0.39 is 18.7 Å². The van der Waals surface area contributed by atoms with Crippen molar-refractivity contribution in [2.75, 3.05) is 12.4 Å². The molecule has 1 N–H and O–H groups in total. The summed E-state index contributed by atoms with van der Waals surface area (Å²) in [7, 11) is 1.01. The number of ether oxygens (including phenoxy) is 1. The van der Waals surface area contributed by atoms with Crippen molar-refractivity contribution < 1.29 is 19.8 Å². The van der Waals surface area contributed by atoms with E-state index in [1.165, 1.54) is 35.4 Å². The van der Waals surface area contributed by atoms with Crippen LogP contribution in [0.2, 0.25) is 0 Å².